The van der Waals surface area contributed by atoms with Crippen molar-refractivity contribution in [3.05, 3.63) is 59.7 Å². The molecular formula is C18H10F3N5. The van der Waals surface area contributed by atoms with E-state index in [1.165, 1.54) is 16.7 Å². The Morgan fingerprint density at radius 1 is 1.00 bits per heavy atom. The molecule has 0 aliphatic heterocycles. The maximum Gasteiger partial charge on any atom is 0.416 e. The molecule has 2 N–H and O–H groups in total. The third kappa shape index (κ3) is 2.33. The number of aromatic nitrogens is 3. The minimum atomic E-state index is -4.50. The van der Waals surface area contributed by atoms with Crippen molar-refractivity contribution in [2.24, 2.45) is 0 Å². The normalized spacial score (nSPS) is 11.8. The molecule has 0 saturated heterocycles. The molecule has 0 aliphatic rings. The van der Waals surface area contributed by atoms with E-state index in [0.29, 0.717) is 11.0 Å². The van der Waals surface area contributed by atoms with Crippen LogP contribution in [-0.4, -0.2) is 14.5 Å². The second kappa shape index (κ2) is 5.46. The number of nitriles is 1. The largest absolute Gasteiger partial charge is 0.416 e. The van der Waals surface area contributed by atoms with Crippen LogP contribution in [-0.2, 0) is 6.18 Å². The van der Waals surface area contributed by atoms with Gasteiger partial charge in [0.15, 0.2) is 5.65 Å². The van der Waals surface area contributed by atoms with Crippen molar-refractivity contribution in [3.8, 4) is 11.8 Å². The monoisotopic (exact) mass is 353 g/mol. The highest BCUT2D eigenvalue weighted by Crippen LogP contribution is 2.34. The predicted molar refractivity (Wildman–Crippen MR) is 90.5 cm³/mol. The van der Waals surface area contributed by atoms with Gasteiger partial charge < -0.3 is 5.73 Å². The first-order valence-electron chi connectivity index (χ1n) is 7.54. The zero-order valence-corrected chi connectivity index (χ0v) is 13.1. The molecule has 0 aliphatic carbocycles. The number of para-hydroxylation sites is 2. The minimum absolute atomic E-state index is 0.00266. The maximum absolute atomic E-state index is 13.1. The van der Waals surface area contributed by atoms with Crippen molar-refractivity contribution < 1.29 is 13.2 Å². The van der Waals surface area contributed by atoms with Crippen LogP contribution in [0.25, 0.3) is 27.9 Å². The maximum atomic E-state index is 13.1. The van der Waals surface area contributed by atoms with Gasteiger partial charge in [-0.1, -0.05) is 18.2 Å². The van der Waals surface area contributed by atoms with Gasteiger partial charge in [-0.2, -0.15) is 18.4 Å². The summed E-state index contributed by atoms with van der Waals surface area (Å²) in [7, 11) is 0. The van der Waals surface area contributed by atoms with E-state index in [1.807, 2.05) is 6.07 Å². The molecule has 0 bridgehead atoms. The zero-order chi connectivity index (χ0) is 18.5. The van der Waals surface area contributed by atoms with Gasteiger partial charge in [-0.15, -0.1) is 0 Å². The Kier molecular flexibility index (Phi) is 3.34. The van der Waals surface area contributed by atoms with Crippen LogP contribution < -0.4 is 5.73 Å². The molecule has 5 nitrogen and oxygen atoms in total. The number of nitrogens with two attached hydrogens (primary N) is 1. The Balaban J connectivity index is 2.09. The van der Waals surface area contributed by atoms with Crippen molar-refractivity contribution in [3.63, 3.8) is 0 Å². The van der Waals surface area contributed by atoms with Gasteiger partial charge in [0.05, 0.1) is 16.6 Å². The predicted octanol–water partition coefficient (Wildman–Crippen LogP) is 4.05. The van der Waals surface area contributed by atoms with Crippen LogP contribution in [0.2, 0.25) is 0 Å². The van der Waals surface area contributed by atoms with Crippen molar-refractivity contribution in [2.75, 3.05) is 5.73 Å². The molecular weight excluding hydrogens is 343 g/mol. The lowest BCUT2D eigenvalue weighted by Crippen LogP contribution is -2.07. The SMILES string of the molecule is N#Cc1c(N)n(-c2cccc(C(F)(F)F)c2)c2nc3ccccc3nc12. The van der Waals surface area contributed by atoms with Gasteiger partial charge in [0, 0.05) is 5.69 Å². The average molecular weight is 353 g/mol. The Hall–Kier alpha value is -3.60. The summed E-state index contributed by atoms with van der Waals surface area (Å²) in [5, 5.41) is 9.44. The van der Waals surface area contributed by atoms with E-state index in [-0.39, 0.29) is 28.2 Å². The fraction of sp³-hybridized carbons (Fsp3) is 0.0556. The van der Waals surface area contributed by atoms with Crippen LogP contribution in [0.3, 0.4) is 0 Å². The highest BCUT2D eigenvalue weighted by molar-refractivity contribution is 5.93. The lowest BCUT2D eigenvalue weighted by molar-refractivity contribution is -0.137. The lowest BCUT2D eigenvalue weighted by Gasteiger charge is -2.11. The van der Waals surface area contributed by atoms with E-state index in [4.69, 9.17) is 5.73 Å². The summed E-state index contributed by atoms with van der Waals surface area (Å²) in [6, 6.07) is 13.7. The highest BCUT2D eigenvalue weighted by atomic mass is 19.4. The smallest absolute Gasteiger partial charge is 0.384 e. The molecule has 8 heteroatoms. The zero-order valence-electron chi connectivity index (χ0n) is 13.1. The number of alkyl halides is 3. The summed E-state index contributed by atoms with van der Waals surface area (Å²) in [6.45, 7) is 0. The van der Waals surface area contributed by atoms with Gasteiger partial charge in [-0.25, -0.2) is 9.97 Å². The van der Waals surface area contributed by atoms with Crippen molar-refractivity contribution >= 4 is 28.0 Å². The molecule has 0 spiro atoms. The number of halogens is 3. The van der Waals surface area contributed by atoms with Gasteiger partial charge in [-0.3, -0.25) is 4.57 Å². The summed E-state index contributed by atoms with van der Waals surface area (Å²) in [4.78, 5) is 8.88. The number of anilines is 1. The van der Waals surface area contributed by atoms with E-state index >= 15 is 0 Å². The molecule has 0 radical (unpaired) electrons. The number of fused-ring (bicyclic) bond motifs is 2. The fourth-order valence-electron chi connectivity index (χ4n) is 2.85. The summed E-state index contributed by atoms with van der Waals surface area (Å²) in [5.41, 5.74) is 7.09. The van der Waals surface area contributed by atoms with E-state index in [0.717, 1.165) is 12.1 Å². The molecule has 2 heterocycles. The van der Waals surface area contributed by atoms with Crippen LogP contribution in [0.4, 0.5) is 19.0 Å². The number of rotatable bonds is 1. The van der Waals surface area contributed by atoms with Crippen LogP contribution in [0, 0.1) is 11.3 Å². The van der Waals surface area contributed by atoms with E-state index in [9.17, 15) is 18.4 Å². The summed E-state index contributed by atoms with van der Waals surface area (Å²) < 4.78 is 40.5. The Labute approximate surface area is 145 Å². The van der Waals surface area contributed by atoms with Crippen molar-refractivity contribution in [1.29, 1.82) is 5.26 Å². The number of hydrogen-bond acceptors (Lipinski definition) is 4. The number of hydrogen-bond donors (Lipinski definition) is 1. The van der Waals surface area contributed by atoms with E-state index < -0.39 is 11.7 Å². The molecule has 0 saturated carbocycles. The molecule has 4 rings (SSSR count). The molecule has 0 fully saturated rings. The van der Waals surface area contributed by atoms with Gasteiger partial charge in [0.2, 0.25) is 0 Å². The number of nitrogens with zero attached hydrogens (tertiary/aromatic N) is 4. The van der Waals surface area contributed by atoms with Crippen LogP contribution in [0.15, 0.2) is 48.5 Å². The molecule has 2 aromatic heterocycles. The van der Waals surface area contributed by atoms with Gasteiger partial charge >= 0.3 is 6.18 Å². The van der Waals surface area contributed by atoms with Crippen molar-refractivity contribution in [1.82, 2.24) is 14.5 Å². The first-order chi connectivity index (χ1) is 12.4. The van der Waals surface area contributed by atoms with Crippen LogP contribution in [0.5, 0.6) is 0 Å². The Morgan fingerprint density at radius 3 is 2.35 bits per heavy atom. The van der Waals surface area contributed by atoms with Gasteiger partial charge in [-0.05, 0) is 30.3 Å². The van der Waals surface area contributed by atoms with Crippen molar-refractivity contribution in [2.45, 2.75) is 6.18 Å². The van der Waals surface area contributed by atoms with E-state index in [2.05, 4.69) is 9.97 Å². The summed E-state index contributed by atoms with van der Waals surface area (Å²) in [5.74, 6) is -0.00266. The molecule has 2 aromatic carbocycles. The topological polar surface area (TPSA) is 80.5 Å². The third-order valence-electron chi connectivity index (χ3n) is 4.04. The van der Waals surface area contributed by atoms with Crippen LogP contribution >= 0.6 is 0 Å². The van der Waals surface area contributed by atoms with Crippen LogP contribution in [0.1, 0.15) is 11.1 Å². The average Bonchev–Trinajstić information content (AvgIpc) is 2.89. The standard InChI is InChI=1S/C18H10F3N5/c19-18(20,21)10-4-3-5-11(8-10)26-16(23)12(9-22)15-17(26)25-14-7-2-1-6-13(14)24-15/h1-8H,23H2. The molecule has 0 amide bonds. The Bertz CT molecular complexity index is 1200. The third-order valence-corrected chi connectivity index (χ3v) is 4.04. The summed E-state index contributed by atoms with van der Waals surface area (Å²) in [6.07, 6.45) is -4.50. The second-order valence-corrected chi connectivity index (χ2v) is 5.64. The molecule has 0 unspecified atom stereocenters. The second-order valence-electron chi connectivity index (χ2n) is 5.64. The number of nitrogen functional groups attached to an aromatic ring is 1. The van der Waals surface area contributed by atoms with Gasteiger partial charge in [0.25, 0.3) is 0 Å². The first-order valence-corrected chi connectivity index (χ1v) is 7.54. The fourth-order valence-corrected chi connectivity index (χ4v) is 2.85. The molecule has 128 valence electrons. The minimum Gasteiger partial charge on any atom is -0.384 e. The highest BCUT2D eigenvalue weighted by Gasteiger charge is 2.31. The first kappa shape index (κ1) is 15.9. The number of benzene rings is 2. The lowest BCUT2D eigenvalue weighted by atomic mass is 10.2. The quantitative estimate of drug-likeness (QED) is 0.560. The van der Waals surface area contributed by atoms with E-state index in [1.54, 1.807) is 24.3 Å². The Morgan fingerprint density at radius 2 is 1.69 bits per heavy atom. The van der Waals surface area contributed by atoms with Gasteiger partial charge in [0.1, 0.15) is 23.0 Å². The molecule has 0 atom stereocenters. The summed E-state index contributed by atoms with van der Waals surface area (Å²) >= 11 is 0. The molecule has 4 aromatic rings. The molecule has 26 heavy (non-hydrogen) atoms.